The van der Waals surface area contributed by atoms with Crippen molar-refractivity contribution >= 4 is 11.9 Å². The van der Waals surface area contributed by atoms with Gasteiger partial charge in [0.15, 0.2) is 0 Å². The number of carbonyl (C=O) groups excluding carboxylic acids is 1. The van der Waals surface area contributed by atoms with E-state index in [0.29, 0.717) is 54.7 Å². The number of nitrogens with zero attached hydrogens (tertiary/aromatic N) is 1. The van der Waals surface area contributed by atoms with E-state index in [-0.39, 0.29) is 35.2 Å². The molecule has 3 atom stereocenters. The van der Waals surface area contributed by atoms with Crippen LogP contribution in [0.1, 0.15) is 93.8 Å². The number of hydrogen-bond acceptors (Lipinski definition) is 4. The van der Waals surface area contributed by atoms with Crippen molar-refractivity contribution in [3.05, 3.63) is 53.3 Å². The standard InChI is InChI=1S/C33H43FN2O4/c1-32(2)18-27(36(5)19-32)30(37)35-22-13-14-23(17-22)40-28-15-12-21(33(3,4)31(38)39)16-25(28)24-10-7-11-26(34)29(24)20-8-6-9-20/h7,10-12,15-16,20,22-23,27H,6,8-9,13-14,17-19H2,1-5H3,(H,35,37)(H,38,39)/t22-,23-,27+/m1/s1/i5D3. The number of hydrogen-bond donors (Lipinski definition) is 2. The zero-order valence-corrected chi connectivity index (χ0v) is 23.9. The van der Waals surface area contributed by atoms with Crippen LogP contribution >= 0.6 is 0 Å². The number of aliphatic carboxylic acids is 1. The summed E-state index contributed by atoms with van der Waals surface area (Å²) in [5, 5.41) is 13.0. The Labute approximate surface area is 241 Å². The van der Waals surface area contributed by atoms with Crippen molar-refractivity contribution in [1.82, 2.24) is 10.2 Å². The maximum absolute atomic E-state index is 15.2. The van der Waals surface area contributed by atoms with Crippen LogP contribution in [0.4, 0.5) is 4.39 Å². The van der Waals surface area contributed by atoms with Crippen molar-refractivity contribution in [1.29, 1.82) is 0 Å². The van der Waals surface area contributed by atoms with Crippen LogP contribution in [0.3, 0.4) is 0 Å². The number of likely N-dealkylation sites (tertiary alicyclic amines) is 1. The molecule has 3 fully saturated rings. The molecule has 216 valence electrons. The number of carbonyl (C=O) groups is 2. The number of halogens is 1. The Morgan fingerprint density at radius 1 is 1.15 bits per heavy atom. The second-order valence-corrected chi connectivity index (χ2v) is 13.2. The monoisotopic (exact) mass is 553 g/mol. The highest BCUT2D eigenvalue weighted by Gasteiger charge is 2.40. The molecule has 1 aliphatic heterocycles. The van der Waals surface area contributed by atoms with Gasteiger partial charge in [0.25, 0.3) is 0 Å². The fourth-order valence-electron chi connectivity index (χ4n) is 6.40. The van der Waals surface area contributed by atoms with Crippen molar-refractivity contribution in [3.63, 3.8) is 0 Å². The van der Waals surface area contributed by atoms with Crippen LogP contribution in [0.2, 0.25) is 0 Å². The molecule has 2 aliphatic carbocycles. The van der Waals surface area contributed by atoms with E-state index in [4.69, 9.17) is 8.85 Å². The first-order valence-corrected chi connectivity index (χ1v) is 14.5. The fraction of sp³-hybridized carbons (Fsp3) is 0.576. The molecular formula is C33H43FN2O4. The van der Waals surface area contributed by atoms with Gasteiger partial charge in [0.1, 0.15) is 17.7 Å². The smallest absolute Gasteiger partial charge is 0.313 e. The molecular weight excluding hydrogens is 507 g/mol. The van der Waals surface area contributed by atoms with Crippen LogP contribution in [0.15, 0.2) is 36.4 Å². The van der Waals surface area contributed by atoms with Crippen molar-refractivity contribution in [2.75, 3.05) is 13.5 Å². The molecule has 7 heteroatoms. The van der Waals surface area contributed by atoms with Gasteiger partial charge < -0.3 is 15.2 Å². The van der Waals surface area contributed by atoms with Gasteiger partial charge in [-0.2, -0.15) is 0 Å². The lowest BCUT2D eigenvalue weighted by Crippen LogP contribution is -2.45. The Kier molecular flexibility index (Phi) is 6.71. The SMILES string of the molecule is [2H]C([2H])([2H])N1CC(C)(C)C[C@H]1C(=O)N[C@@H]1CC[C@@H](Oc2ccc(C(C)(C)C(=O)O)cc2-c2cccc(F)c2C2CCC2)C1. The van der Waals surface area contributed by atoms with Gasteiger partial charge >= 0.3 is 5.97 Å². The highest BCUT2D eigenvalue weighted by molar-refractivity contribution is 5.83. The van der Waals surface area contributed by atoms with Gasteiger partial charge in [-0.25, -0.2) is 4.39 Å². The Morgan fingerprint density at radius 3 is 2.60 bits per heavy atom. The minimum Gasteiger partial charge on any atom is -0.490 e. The number of carboxylic acids is 1. The Bertz CT molecular complexity index is 1390. The van der Waals surface area contributed by atoms with Gasteiger partial charge in [-0.3, -0.25) is 14.5 Å². The lowest BCUT2D eigenvalue weighted by Gasteiger charge is -2.30. The van der Waals surface area contributed by atoms with E-state index >= 15 is 4.39 Å². The molecule has 0 bridgehead atoms. The average Bonchev–Trinajstić information content (AvgIpc) is 3.47. The molecule has 0 aromatic heterocycles. The topological polar surface area (TPSA) is 78.9 Å². The zero-order chi connectivity index (χ0) is 31.3. The maximum Gasteiger partial charge on any atom is 0.313 e. The van der Waals surface area contributed by atoms with Gasteiger partial charge in [-0.1, -0.05) is 38.5 Å². The molecule has 2 aromatic rings. The fourth-order valence-corrected chi connectivity index (χ4v) is 6.40. The van der Waals surface area contributed by atoms with Crippen LogP contribution in [0.25, 0.3) is 11.1 Å². The molecule has 5 rings (SSSR count). The molecule has 1 heterocycles. The van der Waals surface area contributed by atoms with E-state index in [1.54, 1.807) is 32.0 Å². The van der Waals surface area contributed by atoms with Crippen molar-refractivity contribution in [3.8, 4) is 16.9 Å². The second-order valence-electron chi connectivity index (χ2n) is 13.2. The third-order valence-corrected chi connectivity index (χ3v) is 9.14. The van der Waals surface area contributed by atoms with Crippen molar-refractivity contribution in [2.45, 2.75) is 102 Å². The number of nitrogens with one attached hydrogen (secondary N) is 1. The van der Waals surface area contributed by atoms with Crippen molar-refractivity contribution < 1.29 is 27.9 Å². The number of ether oxygens (including phenoxy) is 1. The molecule has 0 unspecified atom stereocenters. The lowest BCUT2D eigenvalue weighted by atomic mass is 9.76. The average molecular weight is 554 g/mol. The molecule has 2 saturated carbocycles. The molecule has 1 saturated heterocycles. The first-order valence-electron chi connectivity index (χ1n) is 16.0. The number of benzene rings is 2. The highest BCUT2D eigenvalue weighted by Crippen LogP contribution is 2.46. The predicted molar refractivity (Wildman–Crippen MR) is 154 cm³/mol. The largest absolute Gasteiger partial charge is 0.490 e. The summed E-state index contributed by atoms with van der Waals surface area (Å²) in [6, 6.07) is 9.53. The molecule has 40 heavy (non-hydrogen) atoms. The summed E-state index contributed by atoms with van der Waals surface area (Å²) in [4.78, 5) is 26.7. The third-order valence-electron chi connectivity index (χ3n) is 9.14. The van der Waals surface area contributed by atoms with Gasteiger partial charge in [-0.15, -0.1) is 0 Å². The van der Waals surface area contributed by atoms with Crippen molar-refractivity contribution in [2.24, 2.45) is 5.41 Å². The van der Waals surface area contributed by atoms with E-state index in [2.05, 4.69) is 5.32 Å². The lowest BCUT2D eigenvalue weighted by molar-refractivity contribution is -0.142. The number of likely N-dealkylation sites (N-methyl/N-ethyl adjacent to an activating group) is 1. The molecule has 1 amide bonds. The van der Waals surface area contributed by atoms with Crippen LogP contribution in [-0.2, 0) is 15.0 Å². The highest BCUT2D eigenvalue weighted by atomic mass is 19.1. The zero-order valence-electron chi connectivity index (χ0n) is 26.9. The normalized spacial score (nSPS) is 26.4. The molecule has 6 nitrogen and oxygen atoms in total. The predicted octanol–water partition coefficient (Wildman–Crippen LogP) is 6.27. The summed E-state index contributed by atoms with van der Waals surface area (Å²) in [6.45, 7) is 5.25. The molecule has 0 radical (unpaired) electrons. The van der Waals surface area contributed by atoms with Gasteiger partial charge in [-0.05, 0) is 99.1 Å². The third kappa shape index (κ3) is 5.63. The number of carboxylic acid groups (broad SMARTS) is 1. The van der Waals surface area contributed by atoms with Crippen LogP contribution in [0.5, 0.6) is 5.75 Å². The van der Waals surface area contributed by atoms with E-state index < -0.39 is 24.4 Å². The second kappa shape index (κ2) is 10.8. The van der Waals surface area contributed by atoms with E-state index in [1.807, 2.05) is 26.0 Å². The molecule has 3 aliphatic rings. The minimum absolute atomic E-state index is 0.112. The minimum atomic E-state index is -2.34. The Hall–Kier alpha value is -2.93. The summed E-state index contributed by atoms with van der Waals surface area (Å²) in [5.41, 5.74) is 1.21. The Morgan fingerprint density at radius 2 is 1.93 bits per heavy atom. The number of rotatable bonds is 8. The first-order chi connectivity index (χ1) is 20.1. The van der Waals surface area contributed by atoms with Gasteiger partial charge in [0.2, 0.25) is 5.91 Å². The van der Waals surface area contributed by atoms with Crippen LogP contribution in [0, 0.1) is 11.2 Å². The summed E-state index contributed by atoms with van der Waals surface area (Å²) in [7, 11) is 0. The summed E-state index contributed by atoms with van der Waals surface area (Å²) < 4.78 is 45.5. The molecule has 0 spiro atoms. The molecule has 2 aromatic carbocycles. The van der Waals surface area contributed by atoms with E-state index in [9.17, 15) is 14.7 Å². The van der Waals surface area contributed by atoms with E-state index in [0.717, 1.165) is 24.8 Å². The van der Waals surface area contributed by atoms with Gasteiger partial charge in [0, 0.05) is 28.7 Å². The maximum atomic E-state index is 15.2. The quantitative estimate of drug-likeness (QED) is 0.403. The summed E-state index contributed by atoms with van der Waals surface area (Å²) in [6.07, 6.45) is 5.04. The van der Waals surface area contributed by atoms with Crippen LogP contribution in [-0.4, -0.2) is 53.6 Å². The van der Waals surface area contributed by atoms with E-state index in [1.165, 1.54) is 11.0 Å². The van der Waals surface area contributed by atoms with Crippen LogP contribution < -0.4 is 10.1 Å². The summed E-state index contributed by atoms with van der Waals surface area (Å²) in [5.74, 6) is -0.817. The first kappa shape index (κ1) is 24.8. The number of amides is 1. The summed E-state index contributed by atoms with van der Waals surface area (Å²) >= 11 is 0. The Balaban J connectivity index is 1.38. The molecule has 2 N–H and O–H groups in total. The van der Waals surface area contributed by atoms with Gasteiger partial charge in [0.05, 0.1) is 11.5 Å².